The highest BCUT2D eigenvalue weighted by atomic mass is 35.5. The SMILES string of the molecule is Cc1ccc(C2CN(C(=O)COc3ccc(Cl)cc3)C(C)CO2)cc1. The Balaban J connectivity index is 1.61. The first-order chi connectivity index (χ1) is 12.0. The second kappa shape index (κ2) is 7.89. The van der Waals surface area contributed by atoms with Crippen molar-refractivity contribution in [1.82, 2.24) is 4.90 Å². The Bertz CT molecular complexity index is 715. The van der Waals surface area contributed by atoms with E-state index in [-0.39, 0.29) is 24.7 Å². The number of nitrogens with zero attached hydrogens (tertiary/aromatic N) is 1. The lowest BCUT2D eigenvalue weighted by atomic mass is 10.0. The number of hydrogen-bond acceptors (Lipinski definition) is 3. The number of ether oxygens (including phenoxy) is 2. The zero-order valence-electron chi connectivity index (χ0n) is 14.4. The van der Waals surface area contributed by atoms with E-state index in [4.69, 9.17) is 21.1 Å². The second-order valence-electron chi connectivity index (χ2n) is 6.37. The van der Waals surface area contributed by atoms with Crippen LogP contribution in [-0.4, -0.2) is 36.6 Å². The molecule has 2 aromatic rings. The summed E-state index contributed by atoms with van der Waals surface area (Å²) in [6, 6.07) is 15.3. The van der Waals surface area contributed by atoms with Gasteiger partial charge in [-0.25, -0.2) is 0 Å². The lowest BCUT2D eigenvalue weighted by molar-refractivity contribution is -0.146. The highest BCUT2D eigenvalue weighted by molar-refractivity contribution is 6.30. The maximum atomic E-state index is 12.6. The van der Waals surface area contributed by atoms with Gasteiger partial charge in [-0.3, -0.25) is 4.79 Å². The van der Waals surface area contributed by atoms with E-state index < -0.39 is 0 Å². The lowest BCUT2D eigenvalue weighted by Gasteiger charge is -2.38. The molecule has 2 atom stereocenters. The summed E-state index contributed by atoms with van der Waals surface area (Å²) in [6.07, 6.45) is -0.101. The van der Waals surface area contributed by atoms with Gasteiger partial charge < -0.3 is 14.4 Å². The molecule has 1 heterocycles. The van der Waals surface area contributed by atoms with Gasteiger partial charge in [0.25, 0.3) is 5.91 Å². The van der Waals surface area contributed by atoms with E-state index in [2.05, 4.69) is 31.2 Å². The predicted octanol–water partition coefficient (Wildman–Crippen LogP) is 4.02. The van der Waals surface area contributed by atoms with Crippen LogP contribution in [0.2, 0.25) is 5.02 Å². The molecule has 2 aromatic carbocycles. The Labute approximate surface area is 153 Å². The summed E-state index contributed by atoms with van der Waals surface area (Å²) in [4.78, 5) is 14.4. The van der Waals surface area contributed by atoms with Crippen molar-refractivity contribution < 1.29 is 14.3 Å². The van der Waals surface area contributed by atoms with Crippen molar-refractivity contribution in [3.05, 3.63) is 64.7 Å². The Kier molecular flexibility index (Phi) is 5.61. The van der Waals surface area contributed by atoms with Crippen molar-refractivity contribution in [2.45, 2.75) is 26.0 Å². The van der Waals surface area contributed by atoms with Crippen LogP contribution in [0.15, 0.2) is 48.5 Å². The minimum Gasteiger partial charge on any atom is -0.484 e. The van der Waals surface area contributed by atoms with Gasteiger partial charge in [-0.1, -0.05) is 41.4 Å². The zero-order valence-corrected chi connectivity index (χ0v) is 15.2. The summed E-state index contributed by atoms with van der Waals surface area (Å²) in [5.74, 6) is 0.594. The molecule has 25 heavy (non-hydrogen) atoms. The maximum Gasteiger partial charge on any atom is 0.260 e. The fourth-order valence-electron chi connectivity index (χ4n) is 2.85. The molecule has 0 aromatic heterocycles. The van der Waals surface area contributed by atoms with Crippen LogP contribution in [0, 0.1) is 6.92 Å². The van der Waals surface area contributed by atoms with Gasteiger partial charge >= 0.3 is 0 Å². The largest absolute Gasteiger partial charge is 0.484 e. The van der Waals surface area contributed by atoms with Crippen molar-refractivity contribution in [2.24, 2.45) is 0 Å². The highest BCUT2D eigenvalue weighted by Crippen LogP contribution is 2.25. The van der Waals surface area contributed by atoms with Crippen LogP contribution in [0.5, 0.6) is 5.75 Å². The summed E-state index contributed by atoms with van der Waals surface area (Å²) in [5.41, 5.74) is 2.30. The number of halogens is 1. The molecule has 2 unspecified atom stereocenters. The standard InChI is InChI=1S/C20H22ClNO3/c1-14-3-5-16(6-4-14)19-11-22(15(2)12-25-19)20(23)13-24-18-9-7-17(21)8-10-18/h3-10,15,19H,11-13H2,1-2H3. The van der Waals surface area contributed by atoms with E-state index in [1.54, 1.807) is 24.3 Å². The first kappa shape index (κ1) is 17.8. The smallest absolute Gasteiger partial charge is 0.260 e. The van der Waals surface area contributed by atoms with Gasteiger partial charge in [0.05, 0.1) is 19.2 Å². The average Bonchev–Trinajstić information content (AvgIpc) is 2.62. The van der Waals surface area contributed by atoms with Gasteiger partial charge in [-0.2, -0.15) is 0 Å². The van der Waals surface area contributed by atoms with Gasteiger partial charge in [0, 0.05) is 5.02 Å². The fraction of sp³-hybridized carbons (Fsp3) is 0.350. The van der Waals surface area contributed by atoms with Crippen molar-refractivity contribution in [3.63, 3.8) is 0 Å². The maximum absolute atomic E-state index is 12.6. The molecule has 0 radical (unpaired) electrons. The predicted molar refractivity (Wildman–Crippen MR) is 98.0 cm³/mol. The molecule has 132 valence electrons. The summed E-state index contributed by atoms with van der Waals surface area (Å²) in [6.45, 7) is 5.11. The molecule has 0 N–H and O–H groups in total. The Morgan fingerprint density at radius 2 is 1.88 bits per heavy atom. The van der Waals surface area contributed by atoms with Crippen LogP contribution in [0.3, 0.4) is 0 Å². The summed E-state index contributed by atoms with van der Waals surface area (Å²) in [7, 11) is 0. The molecule has 0 bridgehead atoms. The Morgan fingerprint density at radius 3 is 2.56 bits per heavy atom. The molecule has 4 nitrogen and oxygen atoms in total. The third-order valence-corrected chi connectivity index (χ3v) is 4.63. The fourth-order valence-corrected chi connectivity index (χ4v) is 2.97. The first-order valence-electron chi connectivity index (χ1n) is 8.39. The van der Waals surface area contributed by atoms with Gasteiger partial charge in [-0.05, 0) is 43.7 Å². The molecule has 0 aliphatic carbocycles. The van der Waals surface area contributed by atoms with Crippen LogP contribution in [0.25, 0.3) is 0 Å². The Morgan fingerprint density at radius 1 is 1.20 bits per heavy atom. The number of aryl methyl sites for hydroxylation is 1. The van der Waals surface area contributed by atoms with Gasteiger partial charge in [0.1, 0.15) is 11.9 Å². The average molecular weight is 360 g/mol. The summed E-state index contributed by atoms with van der Waals surface area (Å²) < 4.78 is 11.5. The second-order valence-corrected chi connectivity index (χ2v) is 6.81. The van der Waals surface area contributed by atoms with Crippen molar-refractivity contribution >= 4 is 17.5 Å². The number of hydrogen-bond donors (Lipinski definition) is 0. The third-order valence-electron chi connectivity index (χ3n) is 4.38. The number of morpholine rings is 1. The van der Waals surface area contributed by atoms with Crippen LogP contribution >= 0.6 is 11.6 Å². The molecule has 1 saturated heterocycles. The number of amides is 1. The molecule has 1 aliphatic heterocycles. The van der Waals surface area contributed by atoms with Crippen molar-refractivity contribution in [1.29, 1.82) is 0 Å². The normalized spacial score (nSPS) is 20.4. The summed E-state index contributed by atoms with van der Waals surface area (Å²) in [5, 5.41) is 0.640. The third kappa shape index (κ3) is 4.53. The van der Waals surface area contributed by atoms with E-state index in [9.17, 15) is 4.79 Å². The molecular formula is C20H22ClNO3. The molecule has 5 heteroatoms. The number of benzene rings is 2. The molecular weight excluding hydrogens is 338 g/mol. The van der Waals surface area contributed by atoms with Crippen LogP contribution < -0.4 is 4.74 Å². The van der Waals surface area contributed by atoms with E-state index in [0.717, 1.165) is 5.56 Å². The van der Waals surface area contributed by atoms with E-state index in [0.29, 0.717) is 23.9 Å². The number of carbonyl (C=O) groups is 1. The first-order valence-corrected chi connectivity index (χ1v) is 8.77. The van der Waals surface area contributed by atoms with Crippen LogP contribution in [0.4, 0.5) is 0 Å². The lowest BCUT2D eigenvalue weighted by Crippen LogP contribution is -2.49. The van der Waals surface area contributed by atoms with E-state index in [1.807, 2.05) is 11.8 Å². The number of rotatable bonds is 4. The van der Waals surface area contributed by atoms with Crippen LogP contribution in [-0.2, 0) is 9.53 Å². The quantitative estimate of drug-likeness (QED) is 0.827. The van der Waals surface area contributed by atoms with E-state index >= 15 is 0 Å². The Hall–Kier alpha value is -2.04. The van der Waals surface area contributed by atoms with Gasteiger partial charge in [0.15, 0.2) is 6.61 Å². The zero-order chi connectivity index (χ0) is 17.8. The van der Waals surface area contributed by atoms with E-state index in [1.165, 1.54) is 5.56 Å². The van der Waals surface area contributed by atoms with Gasteiger partial charge in [0.2, 0.25) is 0 Å². The molecule has 1 amide bonds. The molecule has 1 fully saturated rings. The van der Waals surface area contributed by atoms with Crippen molar-refractivity contribution in [3.8, 4) is 5.75 Å². The highest BCUT2D eigenvalue weighted by Gasteiger charge is 2.30. The monoisotopic (exact) mass is 359 g/mol. The summed E-state index contributed by atoms with van der Waals surface area (Å²) >= 11 is 5.85. The van der Waals surface area contributed by atoms with Crippen LogP contribution in [0.1, 0.15) is 24.2 Å². The molecule has 0 spiro atoms. The molecule has 0 saturated carbocycles. The topological polar surface area (TPSA) is 38.8 Å². The minimum atomic E-state index is -0.101. The molecule has 1 aliphatic rings. The van der Waals surface area contributed by atoms with Crippen molar-refractivity contribution in [2.75, 3.05) is 19.8 Å². The number of carbonyl (C=O) groups excluding carboxylic acids is 1. The molecule has 3 rings (SSSR count). The van der Waals surface area contributed by atoms with Gasteiger partial charge in [-0.15, -0.1) is 0 Å². The minimum absolute atomic E-state index is 0.00654.